The molecule has 0 aliphatic rings. The zero-order valence-electron chi connectivity index (χ0n) is 16.5. The molecule has 0 saturated carbocycles. The number of rotatable bonds is 10. The molecular weight excluding hydrogens is 315 g/mol. The molecule has 0 aliphatic carbocycles. The lowest BCUT2D eigenvalue weighted by atomic mass is 10.4. The van der Waals surface area contributed by atoms with Gasteiger partial charge in [0, 0.05) is 12.3 Å². The van der Waals surface area contributed by atoms with Crippen LogP contribution in [-0.4, -0.2) is 35.1 Å². The van der Waals surface area contributed by atoms with Crippen molar-refractivity contribution < 1.29 is 5.11 Å². The lowest BCUT2D eigenvalue weighted by Gasteiger charge is -2.16. The monoisotopic (exact) mass is 356 g/mol. The van der Waals surface area contributed by atoms with Crippen LogP contribution < -0.4 is 5.73 Å². The van der Waals surface area contributed by atoms with Crippen LogP contribution in [0.3, 0.4) is 0 Å². The van der Waals surface area contributed by atoms with E-state index in [-0.39, 0.29) is 5.88 Å². The molecule has 0 spiro atoms. The van der Waals surface area contributed by atoms with Crippen molar-refractivity contribution in [1.82, 2.24) is 4.98 Å². The first-order chi connectivity index (χ1) is 11.7. The minimum atomic E-state index is 0.0718. The Morgan fingerprint density at radius 2 is 1.33 bits per heavy atom. The Kier molecular flexibility index (Phi) is 23.8. The van der Waals surface area contributed by atoms with Gasteiger partial charge in [-0.25, -0.2) is 4.98 Å². The van der Waals surface area contributed by atoms with Crippen molar-refractivity contribution in [3.8, 4) is 5.88 Å². The molecule has 0 saturated heterocycles. The van der Waals surface area contributed by atoms with Crippen LogP contribution in [0.25, 0.3) is 0 Å². The highest BCUT2D eigenvalue weighted by molar-refractivity contribution is 7.57. The van der Waals surface area contributed by atoms with Crippen LogP contribution in [-0.2, 0) is 0 Å². The molecule has 0 atom stereocenters. The standard InChI is InChI=1S/C12H27P.C5H5NO.C3H9N/c1-4-7-10-13(11-8-5-2)12-9-6-3;7-5-3-1-2-4-6-5;1-2-3-4/h4-12H2,1-3H3;1-4H,(H,6,7);2-4H2,1H3. The second kappa shape index (κ2) is 22.3. The molecule has 1 aromatic rings. The van der Waals surface area contributed by atoms with Gasteiger partial charge in [-0.15, -0.1) is 7.92 Å². The van der Waals surface area contributed by atoms with E-state index >= 15 is 0 Å². The summed E-state index contributed by atoms with van der Waals surface area (Å²) < 4.78 is 0. The largest absolute Gasteiger partial charge is 0.493 e. The Balaban J connectivity index is 0. The van der Waals surface area contributed by atoms with Gasteiger partial charge in [0.25, 0.3) is 0 Å². The summed E-state index contributed by atoms with van der Waals surface area (Å²) in [6.45, 7) is 9.81. The first-order valence-electron chi connectivity index (χ1n) is 9.68. The lowest BCUT2D eigenvalue weighted by molar-refractivity contribution is 0.453. The number of pyridine rings is 1. The molecule has 0 aromatic carbocycles. The van der Waals surface area contributed by atoms with Crippen LogP contribution in [0.2, 0.25) is 0 Å². The highest BCUT2D eigenvalue weighted by Gasteiger charge is 2.05. The number of aromatic nitrogens is 1. The van der Waals surface area contributed by atoms with Crippen molar-refractivity contribution in [3.63, 3.8) is 0 Å². The fraction of sp³-hybridized carbons (Fsp3) is 0.750. The lowest BCUT2D eigenvalue weighted by Crippen LogP contribution is -1.95. The van der Waals surface area contributed by atoms with Crippen molar-refractivity contribution in [1.29, 1.82) is 0 Å². The molecule has 24 heavy (non-hydrogen) atoms. The molecule has 3 N–H and O–H groups in total. The fourth-order valence-electron chi connectivity index (χ4n) is 1.83. The molecule has 1 aromatic heterocycles. The highest BCUT2D eigenvalue weighted by Crippen LogP contribution is 2.38. The minimum Gasteiger partial charge on any atom is -0.493 e. The Morgan fingerprint density at radius 3 is 1.54 bits per heavy atom. The van der Waals surface area contributed by atoms with Gasteiger partial charge in [0.05, 0.1) is 0 Å². The van der Waals surface area contributed by atoms with Gasteiger partial charge in [0.1, 0.15) is 0 Å². The average molecular weight is 357 g/mol. The van der Waals surface area contributed by atoms with Crippen LogP contribution in [0.4, 0.5) is 0 Å². The maximum absolute atomic E-state index is 8.52. The summed E-state index contributed by atoms with van der Waals surface area (Å²) in [7, 11) is 0.422. The van der Waals surface area contributed by atoms with Crippen molar-refractivity contribution in [2.24, 2.45) is 5.73 Å². The summed E-state index contributed by atoms with van der Waals surface area (Å²) >= 11 is 0. The molecule has 0 unspecified atom stereocenters. The molecule has 142 valence electrons. The zero-order chi connectivity index (χ0) is 18.5. The van der Waals surface area contributed by atoms with E-state index in [1.807, 2.05) is 0 Å². The predicted octanol–water partition coefficient (Wildman–Crippen LogP) is 6.01. The van der Waals surface area contributed by atoms with E-state index in [1.54, 1.807) is 30.6 Å². The number of nitrogens with zero attached hydrogens (tertiary/aromatic N) is 1. The van der Waals surface area contributed by atoms with E-state index in [0.717, 1.165) is 13.0 Å². The number of nitrogens with two attached hydrogens (primary N) is 1. The SMILES string of the molecule is CCCCP(CCCC)CCCC.CCCN.Oc1ccccn1. The van der Waals surface area contributed by atoms with Crippen molar-refractivity contribution in [3.05, 3.63) is 24.4 Å². The van der Waals surface area contributed by atoms with Crippen LogP contribution in [0, 0.1) is 0 Å². The maximum Gasteiger partial charge on any atom is 0.210 e. The number of aromatic hydroxyl groups is 1. The van der Waals surface area contributed by atoms with Gasteiger partial charge in [-0.3, -0.25) is 0 Å². The van der Waals surface area contributed by atoms with Gasteiger partial charge in [0.2, 0.25) is 5.88 Å². The first kappa shape index (κ1) is 25.6. The van der Waals surface area contributed by atoms with Crippen LogP contribution in [0.5, 0.6) is 5.88 Å². The third-order valence-corrected chi connectivity index (χ3v) is 6.27. The second-order valence-electron chi connectivity index (χ2n) is 5.88. The summed E-state index contributed by atoms with van der Waals surface area (Å²) in [4.78, 5) is 3.53. The molecule has 0 bridgehead atoms. The predicted molar refractivity (Wildman–Crippen MR) is 111 cm³/mol. The third-order valence-electron chi connectivity index (χ3n) is 3.42. The number of hydrogen-bond acceptors (Lipinski definition) is 3. The van der Waals surface area contributed by atoms with E-state index in [9.17, 15) is 0 Å². The molecule has 0 radical (unpaired) electrons. The van der Waals surface area contributed by atoms with Crippen molar-refractivity contribution >= 4 is 7.92 Å². The van der Waals surface area contributed by atoms with Crippen LogP contribution >= 0.6 is 7.92 Å². The van der Waals surface area contributed by atoms with E-state index in [1.165, 1.54) is 50.8 Å². The fourth-order valence-corrected chi connectivity index (χ4v) is 4.80. The topological polar surface area (TPSA) is 59.1 Å². The van der Waals surface area contributed by atoms with Gasteiger partial charge in [-0.2, -0.15) is 0 Å². The molecule has 0 fully saturated rings. The Morgan fingerprint density at radius 1 is 0.875 bits per heavy atom. The minimum absolute atomic E-state index is 0.0718. The van der Waals surface area contributed by atoms with E-state index in [4.69, 9.17) is 10.8 Å². The van der Waals surface area contributed by atoms with E-state index in [2.05, 4.69) is 32.7 Å². The second-order valence-corrected chi connectivity index (χ2v) is 8.56. The van der Waals surface area contributed by atoms with Crippen molar-refractivity contribution in [2.45, 2.75) is 72.6 Å². The van der Waals surface area contributed by atoms with Gasteiger partial charge >= 0.3 is 0 Å². The number of hydrogen-bond donors (Lipinski definition) is 2. The quantitative estimate of drug-likeness (QED) is 0.505. The van der Waals surface area contributed by atoms with Crippen LogP contribution in [0.15, 0.2) is 24.4 Å². The first-order valence-corrected chi connectivity index (χ1v) is 11.6. The van der Waals surface area contributed by atoms with E-state index < -0.39 is 0 Å². The smallest absolute Gasteiger partial charge is 0.210 e. The third kappa shape index (κ3) is 21.3. The Bertz CT molecular complexity index is 302. The Hall–Kier alpha value is -0.660. The highest BCUT2D eigenvalue weighted by atomic mass is 31.1. The van der Waals surface area contributed by atoms with Gasteiger partial charge in [-0.1, -0.05) is 53.0 Å². The normalized spacial score (nSPS) is 9.75. The van der Waals surface area contributed by atoms with Crippen molar-refractivity contribution in [2.75, 3.05) is 25.0 Å². The summed E-state index contributed by atoms with van der Waals surface area (Å²) in [6.07, 6.45) is 15.8. The van der Waals surface area contributed by atoms with Gasteiger partial charge in [0.15, 0.2) is 0 Å². The van der Waals surface area contributed by atoms with Gasteiger partial charge in [-0.05, 0) is 56.8 Å². The maximum atomic E-state index is 8.52. The molecule has 0 amide bonds. The summed E-state index contributed by atoms with van der Waals surface area (Å²) in [5.41, 5.74) is 5.03. The van der Waals surface area contributed by atoms with E-state index in [0.29, 0.717) is 7.92 Å². The Labute approximate surface area is 152 Å². The summed E-state index contributed by atoms with van der Waals surface area (Å²) in [6, 6.07) is 5.00. The molecule has 1 rings (SSSR count). The number of unbranched alkanes of at least 4 members (excludes halogenated alkanes) is 3. The molecule has 3 nitrogen and oxygen atoms in total. The molecule has 1 heterocycles. The zero-order valence-corrected chi connectivity index (χ0v) is 17.4. The molecular formula is C20H41N2OP. The average Bonchev–Trinajstić information content (AvgIpc) is 2.62. The summed E-state index contributed by atoms with van der Waals surface area (Å²) in [5, 5.41) is 8.52. The van der Waals surface area contributed by atoms with Crippen LogP contribution in [0.1, 0.15) is 72.6 Å². The molecule has 0 aliphatic heterocycles. The van der Waals surface area contributed by atoms with Gasteiger partial charge < -0.3 is 10.8 Å². The summed E-state index contributed by atoms with van der Waals surface area (Å²) in [5.74, 6) is 0.0718. The molecule has 4 heteroatoms.